The zero-order valence-electron chi connectivity index (χ0n) is 18.5. The minimum Gasteiger partial charge on any atom is -0.354 e. The van der Waals surface area contributed by atoms with Crippen molar-refractivity contribution in [1.82, 2.24) is 19.9 Å². The summed E-state index contributed by atoms with van der Waals surface area (Å²) in [6, 6.07) is 19.1. The van der Waals surface area contributed by atoms with Crippen LogP contribution in [0.2, 0.25) is 0 Å². The molecule has 0 saturated carbocycles. The first-order valence-electron chi connectivity index (χ1n) is 11.0. The van der Waals surface area contributed by atoms with Crippen LogP contribution in [0.5, 0.6) is 0 Å². The van der Waals surface area contributed by atoms with E-state index in [1.807, 2.05) is 19.2 Å². The number of benzene rings is 1. The molecule has 0 N–H and O–H groups in total. The summed E-state index contributed by atoms with van der Waals surface area (Å²) in [6.45, 7) is 6.27. The van der Waals surface area contributed by atoms with Gasteiger partial charge in [0.2, 0.25) is 0 Å². The van der Waals surface area contributed by atoms with Crippen LogP contribution in [0.1, 0.15) is 16.4 Å². The number of aromatic nitrogens is 3. The molecular formula is C26H27N5S. The van der Waals surface area contributed by atoms with E-state index in [1.165, 1.54) is 5.56 Å². The number of likely N-dealkylation sites (N-methyl/N-ethyl adjacent to an activating group) is 1. The first kappa shape index (κ1) is 20.8. The highest BCUT2D eigenvalue weighted by atomic mass is 32.1. The highest BCUT2D eigenvalue weighted by Crippen LogP contribution is 2.27. The van der Waals surface area contributed by atoms with Crippen LogP contribution < -0.4 is 4.90 Å². The summed E-state index contributed by atoms with van der Waals surface area (Å²) in [5.74, 6) is 1.07. The Bertz CT molecular complexity index is 1180. The molecule has 0 unspecified atom stereocenters. The average molecular weight is 442 g/mol. The van der Waals surface area contributed by atoms with Crippen LogP contribution >= 0.6 is 11.3 Å². The highest BCUT2D eigenvalue weighted by Gasteiger charge is 2.15. The highest BCUT2D eigenvalue weighted by molar-refractivity contribution is 7.10. The smallest absolute Gasteiger partial charge is 0.128 e. The van der Waals surface area contributed by atoms with Crippen LogP contribution in [0, 0.1) is 6.92 Å². The van der Waals surface area contributed by atoms with Crippen molar-refractivity contribution in [3.05, 3.63) is 82.6 Å². The molecule has 1 aromatic carbocycles. The number of rotatable bonds is 5. The standard InChI is InChI=1S/C26H27N5S/c1-19-4-3-5-23(28-19)16-26-29-24(18-32-26)21-8-6-20(7-9-21)22-10-11-25(27-17-22)31-14-12-30(2)13-15-31/h3-11,17-18H,12-16H2,1-2H3. The van der Waals surface area contributed by atoms with Crippen LogP contribution in [0.25, 0.3) is 22.4 Å². The number of nitrogens with zero attached hydrogens (tertiary/aromatic N) is 5. The first-order valence-corrected chi connectivity index (χ1v) is 11.9. The van der Waals surface area contributed by atoms with Crippen molar-refractivity contribution in [2.75, 3.05) is 38.1 Å². The molecule has 0 amide bonds. The fourth-order valence-corrected chi connectivity index (χ4v) is 4.81. The summed E-state index contributed by atoms with van der Waals surface area (Å²) in [7, 11) is 2.17. The summed E-state index contributed by atoms with van der Waals surface area (Å²) in [4.78, 5) is 18.9. The Morgan fingerprint density at radius 3 is 2.31 bits per heavy atom. The third-order valence-corrected chi connectivity index (χ3v) is 6.77. The molecule has 0 bridgehead atoms. The van der Waals surface area contributed by atoms with Gasteiger partial charge in [-0.05, 0) is 43.8 Å². The molecule has 0 aliphatic carbocycles. The number of pyridine rings is 2. The Morgan fingerprint density at radius 2 is 1.59 bits per heavy atom. The predicted octanol–water partition coefficient (Wildman–Crippen LogP) is 4.92. The van der Waals surface area contributed by atoms with E-state index in [4.69, 9.17) is 9.97 Å². The molecule has 32 heavy (non-hydrogen) atoms. The van der Waals surface area contributed by atoms with Gasteiger partial charge in [-0.1, -0.05) is 30.3 Å². The molecule has 4 aromatic rings. The maximum absolute atomic E-state index is 4.83. The second kappa shape index (κ2) is 9.18. The number of hydrogen-bond acceptors (Lipinski definition) is 6. The zero-order chi connectivity index (χ0) is 21.9. The quantitative estimate of drug-likeness (QED) is 0.440. The van der Waals surface area contributed by atoms with E-state index < -0.39 is 0 Å². The maximum Gasteiger partial charge on any atom is 0.128 e. The Labute approximate surface area is 193 Å². The predicted molar refractivity (Wildman–Crippen MR) is 132 cm³/mol. The number of piperazine rings is 1. The summed E-state index contributed by atoms with van der Waals surface area (Å²) in [5, 5.41) is 3.22. The molecule has 6 heteroatoms. The van der Waals surface area contributed by atoms with Crippen LogP contribution in [-0.2, 0) is 6.42 Å². The molecule has 1 fully saturated rings. The van der Waals surface area contributed by atoms with Gasteiger partial charge in [-0.15, -0.1) is 11.3 Å². The lowest BCUT2D eigenvalue weighted by Gasteiger charge is -2.33. The van der Waals surface area contributed by atoms with E-state index in [0.717, 1.165) is 71.6 Å². The Hall–Kier alpha value is -3.09. The van der Waals surface area contributed by atoms with Gasteiger partial charge in [0.15, 0.2) is 0 Å². The van der Waals surface area contributed by atoms with Gasteiger partial charge in [-0.2, -0.15) is 0 Å². The lowest BCUT2D eigenvalue weighted by Crippen LogP contribution is -2.44. The molecule has 0 radical (unpaired) electrons. The first-order chi connectivity index (χ1) is 15.6. The molecule has 162 valence electrons. The van der Waals surface area contributed by atoms with Crippen molar-refractivity contribution in [3.63, 3.8) is 0 Å². The summed E-state index contributed by atoms with van der Waals surface area (Å²) in [5.41, 5.74) is 6.57. The van der Waals surface area contributed by atoms with Crippen molar-refractivity contribution in [2.24, 2.45) is 0 Å². The molecule has 4 heterocycles. The maximum atomic E-state index is 4.83. The van der Waals surface area contributed by atoms with Crippen molar-refractivity contribution in [3.8, 4) is 22.4 Å². The molecule has 3 aromatic heterocycles. The molecule has 5 nitrogen and oxygen atoms in total. The van der Waals surface area contributed by atoms with E-state index in [0.29, 0.717) is 0 Å². The van der Waals surface area contributed by atoms with E-state index in [1.54, 1.807) is 11.3 Å². The topological polar surface area (TPSA) is 45.2 Å². The van der Waals surface area contributed by atoms with Gasteiger partial charge in [0.25, 0.3) is 0 Å². The molecule has 1 aliphatic heterocycles. The lowest BCUT2D eigenvalue weighted by atomic mass is 10.0. The van der Waals surface area contributed by atoms with Crippen molar-refractivity contribution in [1.29, 1.82) is 0 Å². The summed E-state index contributed by atoms with van der Waals surface area (Å²) >= 11 is 1.69. The largest absolute Gasteiger partial charge is 0.354 e. The molecule has 1 saturated heterocycles. The van der Waals surface area contributed by atoms with Crippen LogP contribution in [0.15, 0.2) is 66.2 Å². The number of aryl methyl sites for hydroxylation is 1. The minimum atomic E-state index is 0.774. The van der Waals surface area contributed by atoms with Crippen molar-refractivity contribution >= 4 is 17.2 Å². The number of anilines is 1. The minimum absolute atomic E-state index is 0.774. The van der Waals surface area contributed by atoms with Crippen LogP contribution in [0.4, 0.5) is 5.82 Å². The molecular weight excluding hydrogens is 414 g/mol. The van der Waals surface area contributed by atoms with Crippen LogP contribution in [-0.4, -0.2) is 53.1 Å². The van der Waals surface area contributed by atoms with Gasteiger partial charge >= 0.3 is 0 Å². The SMILES string of the molecule is Cc1cccc(Cc2nc(-c3ccc(-c4ccc(N5CCN(C)CC5)nc4)cc3)cs2)n1. The number of hydrogen-bond donors (Lipinski definition) is 0. The monoisotopic (exact) mass is 441 g/mol. The van der Waals surface area contributed by atoms with Gasteiger partial charge in [-0.3, -0.25) is 4.98 Å². The normalized spacial score (nSPS) is 14.6. The van der Waals surface area contributed by atoms with Crippen molar-refractivity contribution in [2.45, 2.75) is 13.3 Å². The van der Waals surface area contributed by atoms with Gasteiger partial charge < -0.3 is 9.80 Å². The Balaban J connectivity index is 1.27. The fraction of sp³-hybridized carbons (Fsp3) is 0.269. The van der Waals surface area contributed by atoms with Crippen molar-refractivity contribution < 1.29 is 0 Å². The van der Waals surface area contributed by atoms with Gasteiger partial charge in [0.05, 0.1) is 10.7 Å². The molecule has 0 atom stereocenters. The molecule has 5 rings (SSSR count). The van der Waals surface area contributed by atoms with E-state index in [-0.39, 0.29) is 0 Å². The third-order valence-electron chi connectivity index (χ3n) is 5.92. The second-order valence-electron chi connectivity index (χ2n) is 8.35. The second-order valence-corrected chi connectivity index (χ2v) is 9.29. The van der Waals surface area contributed by atoms with E-state index in [2.05, 4.69) is 75.7 Å². The van der Waals surface area contributed by atoms with Crippen LogP contribution in [0.3, 0.4) is 0 Å². The van der Waals surface area contributed by atoms with Gasteiger partial charge in [-0.25, -0.2) is 9.97 Å². The van der Waals surface area contributed by atoms with Gasteiger partial charge in [0.1, 0.15) is 5.82 Å². The van der Waals surface area contributed by atoms with Gasteiger partial charge in [0, 0.05) is 66.7 Å². The third kappa shape index (κ3) is 4.71. The lowest BCUT2D eigenvalue weighted by molar-refractivity contribution is 0.312. The fourth-order valence-electron chi connectivity index (χ4n) is 3.99. The summed E-state index contributed by atoms with van der Waals surface area (Å²) < 4.78 is 0. The zero-order valence-corrected chi connectivity index (χ0v) is 19.3. The van der Waals surface area contributed by atoms with E-state index in [9.17, 15) is 0 Å². The Morgan fingerprint density at radius 1 is 0.844 bits per heavy atom. The Kier molecular flexibility index (Phi) is 5.97. The summed E-state index contributed by atoms with van der Waals surface area (Å²) in [6.07, 6.45) is 2.76. The average Bonchev–Trinajstić information content (AvgIpc) is 3.28. The molecule has 1 aliphatic rings. The van der Waals surface area contributed by atoms with E-state index >= 15 is 0 Å². The molecule has 0 spiro atoms. The number of thiazole rings is 1.